The molecule has 2 N–H and O–H groups in total. The summed E-state index contributed by atoms with van der Waals surface area (Å²) < 4.78 is 86.2. The largest absolute Gasteiger partial charge is 0.471 e. The van der Waals surface area contributed by atoms with Crippen molar-refractivity contribution in [3.05, 3.63) is 60.2 Å². The summed E-state index contributed by atoms with van der Waals surface area (Å²) in [6, 6.07) is 12.6. The molecule has 1 fully saturated rings. The molecule has 0 spiro atoms. The Morgan fingerprint density at radius 3 is 2.20 bits per heavy atom. The number of hydrogen-bond acceptors (Lipinski definition) is 8. The molecule has 0 aliphatic carbocycles. The van der Waals surface area contributed by atoms with Gasteiger partial charge >= 0.3 is 18.2 Å². The number of carbonyl (C=O) groups excluding carboxylic acids is 2. The molecule has 0 saturated carbocycles. The van der Waals surface area contributed by atoms with Crippen molar-refractivity contribution < 1.29 is 50.5 Å². The number of amides is 2. The van der Waals surface area contributed by atoms with E-state index in [9.17, 15) is 36.3 Å². The number of alkyl carbamates (subject to hydrolysis) is 1. The number of ether oxygens (including phenoxy) is 3. The Morgan fingerprint density at radius 2 is 1.63 bits per heavy atom. The van der Waals surface area contributed by atoms with E-state index in [4.69, 9.17) is 14.2 Å². The number of aliphatic hydroxyl groups excluding tert-OH is 1. The molecule has 49 heavy (non-hydrogen) atoms. The zero-order chi connectivity index (χ0) is 36.8. The second kappa shape index (κ2) is 15.8. The zero-order valence-electron chi connectivity index (χ0n) is 29.0. The SMILES string of the molecule is CN(C(=O)C(F)(F)F)c1cccc(S(=O)(=O)N(CC(O)[C@@H](Cc2ccccc2)NC(=O)OC(C)(C)C)CC(C)(C)CCC2(C)OCCO2)c1. The highest BCUT2D eigenvalue weighted by atomic mass is 32.2. The lowest BCUT2D eigenvalue weighted by atomic mass is 9.86. The Labute approximate surface area is 286 Å². The van der Waals surface area contributed by atoms with Crippen LogP contribution >= 0.6 is 0 Å². The summed E-state index contributed by atoms with van der Waals surface area (Å²) in [6.45, 7) is 10.8. The predicted octanol–water partition coefficient (Wildman–Crippen LogP) is 5.27. The van der Waals surface area contributed by atoms with Crippen molar-refractivity contribution in [1.82, 2.24) is 9.62 Å². The van der Waals surface area contributed by atoms with Crippen molar-refractivity contribution in [3.8, 4) is 0 Å². The lowest BCUT2D eigenvalue weighted by Gasteiger charge is -2.36. The lowest BCUT2D eigenvalue weighted by molar-refractivity contribution is -0.170. The van der Waals surface area contributed by atoms with Gasteiger partial charge in [0.1, 0.15) is 5.60 Å². The van der Waals surface area contributed by atoms with Gasteiger partial charge < -0.3 is 29.5 Å². The van der Waals surface area contributed by atoms with E-state index in [1.165, 1.54) is 18.2 Å². The van der Waals surface area contributed by atoms with Gasteiger partial charge in [-0.3, -0.25) is 4.79 Å². The van der Waals surface area contributed by atoms with Crippen molar-refractivity contribution in [2.24, 2.45) is 5.41 Å². The van der Waals surface area contributed by atoms with Crippen LogP contribution in [0.5, 0.6) is 0 Å². The third-order valence-electron chi connectivity index (χ3n) is 8.00. The number of nitrogens with zero attached hydrogens (tertiary/aromatic N) is 2. The first-order chi connectivity index (χ1) is 22.5. The molecule has 1 aliphatic rings. The molecule has 3 rings (SSSR count). The monoisotopic (exact) mass is 715 g/mol. The number of aliphatic hydroxyl groups is 1. The summed E-state index contributed by atoms with van der Waals surface area (Å²) in [4.78, 5) is 24.7. The number of benzene rings is 2. The molecular formula is C34H48F3N3O8S. The van der Waals surface area contributed by atoms with Crippen molar-refractivity contribution in [3.63, 3.8) is 0 Å². The molecule has 0 bridgehead atoms. The van der Waals surface area contributed by atoms with Gasteiger partial charge in [0, 0.05) is 32.2 Å². The number of sulfonamides is 1. The van der Waals surface area contributed by atoms with Crippen LogP contribution in [0.3, 0.4) is 0 Å². The predicted molar refractivity (Wildman–Crippen MR) is 177 cm³/mol. The molecule has 2 aromatic carbocycles. The van der Waals surface area contributed by atoms with Crippen molar-refractivity contribution in [2.45, 2.75) is 95.4 Å². The van der Waals surface area contributed by atoms with Crippen LogP contribution in [-0.2, 0) is 35.4 Å². The van der Waals surface area contributed by atoms with Crippen molar-refractivity contribution >= 4 is 27.7 Å². The van der Waals surface area contributed by atoms with Gasteiger partial charge in [-0.1, -0.05) is 50.2 Å². The Bertz CT molecular complexity index is 1530. The van der Waals surface area contributed by atoms with Gasteiger partial charge in [-0.05, 0) is 69.7 Å². The highest BCUT2D eigenvalue weighted by Crippen LogP contribution is 2.34. The fraction of sp³-hybridized carbons (Fsp3) is 0.588. The molecule has 2 atom stereocenters. The quantitative estimate of drug-likeness (QED) is 0.270. The maximum Gasteiger partial charge on any atom is 0.471 e. The van der Waals surface area contributed by atoms with E-state index >= 15 is 0 Å². The standard InChI is InChI=1S/C34H48F3N3O8S/c1-31(2,3)48-30(43)38-27(20-24-12-9-8-10-13-24)28(41)22-40(23-32(4,5)16-17-33(6)46-18-19-47-33)49(44,45)26-15-11-14-25(21-26)39(7)29(42)34(35,36)37/h8-15,21,27-28,41H,16-20,22-23H2,1-7H3,(H,38,43)/t27-,28?/m1/s1. The van der Waals surface area contributed by atoms with Crippen LogP contribution in [0.1, 0.15) is 59.9 Å². The molecule has 11 nitrogen and oxygen atoms in total. The van der Waals surface area contributed by atoms with E-state index in [-0.39, 0.29) is 23.5 Å². The lowest BCUT2D eigenvalue weighted by Crippen LogP contribution is -2.52. The van der Waals surface area contributed by atoms with Crippen LogP contribution < -0.4 is 10.2 Å². The van der Waals surface area contributed by atoms with Gasteiger partial charge in [-0.2, -0.15) is 17.5 Å². The van der Waals surface area contributed by atoms with Crippen LogP contribution in [0, 0.1) is 5.41 Å². The van der Waals surface area contributed by atoms with Crippen LogP contribution in [0.15, 0.2) is 59.5 Å². The van der Waals surface area contributed by atoms with Crippen LogP contribution in [0.2, 0.25) is 0 Å². The molecule has 2 amide bonds. The molecule has 1 unspecified atom stereocenters. The Hall–Kier alpha value is -3.24. The molecular weight excluding hydrogens is 667 g/mol. The molecule has 1 saturated heterocycles. The normalized spacial score (nSPS) is 16.7. The maximum atomic E-state index is 14.3. The first kappa shape index (κ1) is 40.2. The summed E-state index contributed by atoms with van der Waals surface area (Å²) in [5, 5.41) is 14.3. The number of hydrogen-bond donors (Lipinski definition) is 2. The van der Waals surface area contributed by atoms with Crippen LogP contribution in [0.25, 0.3) is 0 Å². The minimum Gasteiger partial charge on any atom is -0.444 e. The summed E-state index contributed by atoms with van der Waals surface area (Å²) >= 11 is 0. The van der Waals surface area contributed by atoms with Crippen LogP contribution in [-0.4, -0.2) is 92.9 Å². The summed E-state index contributed by atoms with van der Waals surface area (Å²) in [5.74, 6) is -3.01. The van der Waals surface area contributed by atoms with Gasteiger partial charge in [-0.15, -0.1) is 0 Å². The maximum absolute atomic E-state index is 14.3. The summed E-state index contributed by atoms with van der Waals surface area (Å²) in [6.07, 6.45) is -6.44. The molecule has 1 aliphatic heterocycles. The highest BCUT2D eigenvalue weighted by Gasteiger charge is 2.42. The summed E-state index contributed by atoms with van der Waals surface area (Å²) in [7, 11) is -3.62. The average Bonchev–Trinajstić information content (AvgIpc) is 3.44. The van der Waals surface area contributed by atoms with E-state index in [0.717, 1.165) is 23.0 Å². The molecule has 2 aromatic rings. The first-order valence-electron chi connectivity index (χ1n) is 16.0. The number of alkyl halides is 3. The molecule has 15 heteroatoms. The molecule has 274 valence electrons. The fourth-order valence-corrected chi connectivity index (χ4v) is 7.01. The minimum absolute atomic E-state index is 0.130. The second-order valence-corrected chi connectivity index (χ2v) is 16.1. The third kappa shape index (κ3) is 11.9. The van der Waals surface area contributed by atoms with E-state index in [1.807, 2.05) is 19.9 Å². The fourth-order valence-electron chi connectivity index (χ4n) is 5.33. The number of nitrogens with one attached hydrogen (secondary N) is 1. The molecule has 0 aromatic heterocycles. The van der Waals surface area contributed by atoms with E-state index in [1.54, 1.807) is 52.0 Å². The molecule has 1 heterocycles. The Balaban J connectivity index is 1.99. The number of carbonyl (C=O) groups is 2. The van der Waals surface area contributed by atoms with Gasteiger partial charge in [0.25, 0.3) is 0 Å². The van der Waals surface area contributed by atoms with Gasteiger partial charge in [0.2, 0.25) is 10.0 Å². The Morgan fingerprint density at radius 1 is 1.02 bits per heavy atom. The topological polar surface area (TPSA) is 135 Å². The first-order valence-corrected chi connectivity index (χ1v) is 17.4. The van der Waals surface area contributed by atoms with Crippen LogP contribution in [0.4, 0.5) is 23.7 Å². The van der Waals surface area contributed by atoms with E-state index in [2.05, 4.69) is 5.32 Å². The van der Waals surface area contributed by atoms with Gasteiger partial charge in [0.15, 0.2) is 5.79 Å². The second-order valence-electron chi connectivity index (χ2n) is 14.2. The zero-order valence-corrected chi connectivity index (χ0v) is 29.9. The minimum atomic E-state index is -5.18. The Kier molecular flexibility index (Phi) is 12.9. The number of rotatable bonds is 14. The smallest absolute Gasteiger partial charge is 0.444 e. The van der Waals surface area contributed by atoms with E-state index < -0.39 is 63.7 Å². The van der Waals surface area contributed by atoms with Gasteiger partial charge in [-0.25, -0.2) is 13.2 Å². The molecule has 0 radical (unpaired) electrons. The summed E-state index contributed by atoms with van der Waals surface area (Å²) in [5.41, 5.74) is -1.10. The average molecular weight is 716 g/mol. The van der Waals surface area contributed by atoms with Gasteiger partial charge in [0.05, 0.1) is 30.3 Å². The van der Waals surface area contributed by atoms with E-state index in [0.29, 0.717) is 31.0 Å². The number of anilines is 1. The van der Waals surface area contributed by atoms with Crippen molar-refractivity contribution in [2.75, 3.05) is 38.3 Å². The third-order valence-corrected chi connectivity index (χ3v) is 9.81. The van der Waals surface area contributed by atoms with Crippen molar-refractivity contribution in [1.29, 1.82) is 0 Å². The number of halogens is 3. The highest BCUT2D eigenvalue weighted by molar-refractivity contribution is 7.89.